The Labute approximate surface area is 188 Å². The van der Waals surface area contributed by atoms with E-state index in [-0.39, 0.29) is 12.1 Å². The Balaban J connectivity index is 1.43. The Morgan fingerprint density at radius 3 is 2.55 bits per heavy atom. The first kappa shape index (κ1) is 22.1. The van der Waals surface area contributed by atoms with Crippen molar-refractivity contribution in [1.82, 2.24) is 24.9 Å². The summed E-state index contributed by atoms with van der Waals surface area (Å²) in [6.45, 7) is 1.11. The molecule has 1 atom stereocenters. The first-order valence-electron chi connectivity index (χ1n) is 10.1. The van der Waals surface area contributed by atoms with Crippen molar-refractivity contribution in [3.63, 3.8) is 0 Å². The van der Waals surface area contributed by atoms with Crippen LogP contribution in [0.3, 0.4) is 0 Å². The van der Waals surface area contributed by atoms with Crippen molar-refractivity contribution in [3.05, 3.63) is 83.7 Å². The van der Waals surface area contributed by atoms with Crippen LogP contribution >= 0.6 is 0 Å². The number of hydrogen-bond donors (Lipinski definition) is 1. The van der Waals surface area contributed by atoms with Gasteiger partial charge >= 0.3 is 6.03 Å². The molecule has 1 aromatic heterocycles. The summed E-state index contributed by atoms with van der Waals surface area (Å²) in [4.78, 5) is 40.3. The highest BCUT2D eigenvalue weighted by Crippen LogP contribution is 2.29. The number of para-hydroxylation sites is 1. The number of nitrogens with zero attached hydrogens (tertiary/aromatic N) is 4. The summed E-state index contributed by atoms with van der Waals surface area (Å²) in [7, 11) is 1.55. The number of urea groups is 1. The number of likely N-dealkylation sites (N-methyl/N-ethyl adjacent to an activating group) is 1. The Kier molecular flexibility index (Phi) is 5.67. The quantitative estimate of drug-likeness (QED) is 0.582. The van der Waals surface area contributed by atoms with Gasteiger partial charge in [-0.3, -0.25) is 14.5 Å². The minimum atomic E-state index is -1.61. The van der Waals surface area contributed by atoms with E-state index in [1.165, 1.54) is 17.9 Å². The van der Waals surface area contributed by atoms with Crippen LogP contribution in [0.25, 0.3) is 5.69 Å². The third-order valence-corrected chi connectivity index (χ3v) is 5.57. The largest absolute Gasteiger partial charge is 0.340 e. The summed E-state index contributed by atoms with van der Waals surface area (Å²) in [5.41, 5.74) is 0.102. The molecule has 4 rings (SSSR count). The standard InChI is InChI=1S/C23H21F2N5O3/c1-23(16-8-9-18(24)19(25)10-16)21(32)29(22(33)27-23)14-20(31)28(2)12-15-11-26-30(13-15)17-6-4-3-5-7-17/h3-11,13H,12,14H2,1-2H3,(H,27,33)/t23-/m0/s1. The molecular weight excluding hydrogens is 432 g/mol. The van der Waals surface area contributed by atoms with Gasteiger partial charge in [0.2, 0.25) is 5.91 Å². The molecule has 1 aliphatic heterocycles. The van der Waals surface area contributed by atoms with Gasteiger partial charge in [0.15, 0.2) is 11.6 Å². The Bertz CT molecular complexity index is 1230. The number of rotatable bonds is 6. The fraction of sp³-hybridized carbons (Fsp3) is 0.217. The lowest BCUT2D eigenvalue weighted by Gasteiger charge is -2.23. The molecule has 2 heterocycles. The highest BCUT2D eigenvalue weighted by molar-refractivity contribution is 6.09. The van der Waals surface area contributed by atoms with Crippen LogP contribution in [0.15, 0.2) is 60.9 Å². The van der Waals surface area contributed by atoms with E-state index in [2.05, 4.69) is 10.4 Å². The monoisotopic (exact) mass is 453 g/mol. The number of imide groups is 1. The molecule has 2 aromatic carbocycles. The lowest BCUT2D eigenvalue weighted by atomic mass is 9.92. The number of carbonyl (C=O) groups excluding carboxylic acids is 3. The zero-order valence-corrected chi connectivity index (χ0v) is 18.0. The van der Waals surface area contributed by atoms with Crippen LogP contribution in [0, 0.1) is 11.6 Å². The lowest BCUT2D eigenvalue weighted by Crippen LogP contribution is -2.43. The van der Waals surface area contributed by atoms with Crippen molar-refractivity contribution in [2.24, 2.45) is 0 Å². The van der Waals surface area contributed by atoms with E-state index in [0.717, 1.165) is 28.3 Å². The molecule has 4 amide bonds. The van der Waals surface area contributed by atoms with Crippen LogP contribution in [0.2, 0.25) is 0 Å². The predicted molar refractivity (Wildman–Crippen MR) is 114 cm³/mol. The molecule has 1 fully saturated rings. The van der Waals surface area contributed by atoms with Crippen molar-refractivity contribution in [1.29, 1.82) is 0 Å². The van der Waals surface area contributed by atoms with E-state index in [9.17, 15) is 23.2 Å². The second kappa shape index (κ2) is 8.45. The lowest BCUT2D eigenvalue weighted by molar-refractivity contribution is -0.138. The van der Waals surface area contributed by atoms with E-state index in [1.54, 1.807) is 24.1 Å². The average molecular weight is 453 g/mol. The Morgan fingerprint density at radius 1 is 1.12 bits per heavy atom. The van der Waals surface area contributed by atoms with Gasteiger partial charge in [-0.1, -0.05) is 24.3 Å². The van der Waals surface area contributed by atoms with Gasteiger partial charge in [0.25, 0.3) is 5.91 Å². The molecule has 170 valence electrons. The highest BCUT2D eigenvalue weighted by atomic mass is 19.2. The van der Waals surface area contributed by atoms with E-state index in [4.69, 9.17) is 0 Å². The number of carbonyl (C=O) groups is 3. The number of benzene rings is 2. The van der Waals surface area contributed by atoms with E-state index in [0.29, 0.717) is 0 Å². The van der Waals surface area contributed by atoms with Gasteiger partial charge in [0.1, 0.15) is 12.1 Å². The molecule has 1 saturated heterocycles. The maximum Gasteiger partial charge on any atom is 0.325 e. The smallest absolute Gasteiger partial charge is 0.325 e. The highest BCUT2D eigenvalue weighted by Gasteiger charge is 2.49. The molecule has 0 aliphatic carbocycles. The molecule has 10 heteroatoms. The molecule has 33 heavy (non-hydrogen) atoms. The first-order valence-corrected chi connectivity index (χ1v) is 10.1. The Hall–Kier alpha value is -4.08. The fourth-order valence-corrected chi connectivity index (χ4v) is 3.63. The van der Waals surface area contributed by atoms with Crippen molar-refractivity contribution in [3.8, 4) is 5.69 Å². The molecule has 1 N–H and O–H groups in total. The molecule has 0 radical (unpaired) electrons. The average Bonchev–Trinajstić information content (AvgIpc) is 3.35. The van der Waals surface area contributed by atoms with E-state index < -0.39 is 41.6 Å². The maximum absolute atomic E-state index is 13.7. The molecule has 0 unspecified atom stereocenters. The topological polar surface area (TPSA) is 87.5 Å². The molecule has 0 bridgehead atoms. The maximum atomic E-state index is 13.7. The van der Waals surface area contributed by atoms with Crippen LogP contribution in [-0.4, -0.2) is 51.0 Å². The molecule has 0 spiro atoms. The van der Waals surface area contributed by atoms with Crippen molar-refractivity contribution in [2.75, 3.05) is 13.6 Å². The molecule has 0 saturated carbocycles. The van der Waals surface area contributed by atoms with Crippen LogP contribution in [0.5, 0.6) is 0 Å². The summed E-state index contributed by atoms with van der Waals surface area (Å²) in [5.74, 6) is -3.40. The van der Waals surface area contributed by atoms with Gasteiger partial charge in [-0.25, -0.2) is 18.3 Å². The van der Waals surface area contributed by atoms with Gasteiger partial charge < -0.3 is 10.2 Å². The third kappa shape index (κ3) is 4.19. The number of halogens is 2. The summed E-state index contributed by atoms with van der Waals surface area (Å²) >= 11 is 0. The second-order valence-electron chi connectivity index (χ2n) is 7.95. The van der Waals surface area contributed by atoms with Crippen molar-refractivity contribution in [2.45, 2.75) is 19.0 Å². The van der Waals surface area contributed by atoms with Crippen molar-refractivity contribution < 1.29 is 23.2 Å². The van der Waals surface area contributed by atoms with Crippen LogP contribution in [0.4, 0.5) is 13.6 Å². The summed E-state index contributed by atoms with van der Waals surface area (Å²) in [6, 6.07) is 11.6. The van der Waals surface area contributed by atoms with Gasteiger partial charge in [0, 0.05) is 25.4 Å². The van der Waals surface area contributed by atoms with Crippen molar-refractivity contribution >= 4 is 17.8 Å². The number of hydrogen-bond acceptors (Lipinski definition) is 4. The summed E-state index contributed by atoms with van der Waals surface area (Å²) < 4.78 is 28.6. The van der Waals surface area contributed by atoms with Gasteiger partial charge in [-0.05, 0) is 36.8 Å². The van der Waals surface area contributed by atoms with Crippen LogP contribution < -0.4 is 5.32 Å². The van der Waals surface area contributed by atoms with Gasteiger partial charge in [-0.15, -0.1) is 0 Å². The molecule has 1 aliphatic rings. The van der Waals surface area contributed by atoms with E-state index in [1.807, 2.05) is 30.3 Å². The molecular formula is C23H21F2N5O3. The third-order valence-electron chi connectivity index (χ3n) is 5.57. The molecule has 3 aromatic rings. The van der Waals surface area contributed by atoms with Crippen LogP contribution in [0.1, 0.15) is 18.1 Å². The number of amides is 4. The number of aromatic nitrogens is 2. The summed E-state index contributed by atoms with van der Waals surface area (Å²) in [6.07, 6.45) is 3.41. The van der Waals surface area contributed by atoms with Gasteiger partial charge in [0.05, 0.1) is 11.9 Å². The Morgan fingerprint density at radius 2 is 1.85 bits per heavy atom. The predicted octanol–water partition coefficient (Wildman–Crippen LogP) is 2.58. The minimum absolute atomic E-state index is 0.0800. The van der Waals surface area contributed by atoms with Crippen LogP contribution in [-0.2, 0) is 21.7 Å². The second-order valence-corrected chi connectivity index (χ2v) is 7.95. The summed E-state index contributed by atoms with van der Waals surface area (Å²) in [5, 5.41) is 6.76. The number of nitrogens with one attached hydrogen (secondary N) is 1. The van der Waals surface area contributed by atoms with Gasteiger partial charge in [-0.2, -0.15) is 5.10 Å². The zero-order chi connectivity index (χ0) is 23.8. The fourth-order valence-electron chi connectivity index (χ4n) is 3.63. The normalized spacial score (nSPS) is 17.9. The zero-order valence-electron chi connectivity index (χ0n) is 18.0. The van der Waals surface area contributed by atoms with E-state index >= 15 is 0 Å². The first-order chi connectivity index (χ1) is 15.7. The molecule has 8 nitrogen and oxygen atoms in total. The minimum Gasteiger partial charge on any atom is -0.340 e. The SMILES string of the molecule is CN(Cc1cnn(-c2ccccc2)c1)C(=O)CN1C(=O)N[C@@](C)(c2ccc(F)c(F)c2)C1=O.